The van der Waals surface area contributed by atoms with Gasteiger partial charge in [-0.25, -0.2) is 0 Å². The predicted octanol–water partition coefficient (Wildman–Crippen LogP) is 1.43. The summed E-state index contributed by atoms with van der Waals surface area (Å²) in [4.78, 5) is 24.2. The maximum Gasteiger partial charge on any atom is 0.283 e. The number of hydrogen-bond acceptors (Lipinski definition) is 5. The molecule has 7 nitrogen and oxygen atoms in total. The van der Waals surface area contributed by atoms with Crippen LogP contribution in [0.3, 0.4) is 0 Å². The number of fused-ring (bicyclic) bond motifs is 1. The highest BCUT2D eigenvalue weighted by Crippen LogP contribution is 2.30. The molecule has 0 saturated heterocycles. The number of para-hydroxylation sites is 2. The molecule has 0 saturated carbocycles. The Morgan fingerprint density at radius 2 is 1.80 bits per heavy atom. The molecular formula is C18H18N2O5. The van der Waals surface area contributed by atoms with E-state index in [1.807, 2.05) is 6.07 Å². The van der Waals surface area contributed by atoms with Gasteiger partial charge in [0.05, 0.1) is 6.61 Å². The minimum atomic E-state index is -0.834. The third kappa shape index (κ3) is 4.07. The molecule has 130 valence electrons. The summed E-state index contributed by atoms with van der Waals surface area (Å²) >= 11 is 0. The van der Waals surface area contributed by atoms with Gasteiger partial charge in [0.1, 0.15) is 6.61 Å². The van der Waals surface area contributed by atoms with E-state index in [0.717, 1.165) is 5.56 Å². The molecular weight excluding hydrogens is 324 g/mol. The molecule has 2 aromatic rings. The third-order valence-corrected chi connectivity index (χ3v) is 3.63. The fourth-order valence-electron chi connectivity index (χ4n) is 2.34. The summed E-state index contributed by atoms with van der Waals surface area (Å²) in [6.07, 6.45) is -0.834. The molecule has 2 N–H and O–H groups in total. The summed E-state index contributed by atoms with van der Waals surface area (Å²) < 4.78 is 16.1. The van der Waals surface area contributed by atoms with Crippen LogP contribution in [0, 0.1) is 0 Å². The summed E-state index contributed by atoms with van der Waals surface area (Å²) in [5, 5.41) is 0. The van der Waals surface area contributed by atoms with Crippen LogP contribution in [-0.4, -0.2) is 31.6 Å². The van der Waals surface area contributed by atoms with Gasteiger partial charge in [0.15, 0.2) is 11.5 Å². The molecule has 1 atom stereocenters. The van der Waals surface area contributed by atoms with Crippen molar-refractivity contribution in [2.24, 2.45) is 0 Å². The van der Waals surface area contributed by atoms with Gasteiger partial charge in [-0.1, -0.05) is 24.3 Å². The Morgan fingerprint density at radius 3 is 2.52 bits per heavy atom. The second-order valence-corrected chi connectivity index (χ2v) is 5.44. The highest BCUT2D eigenvalue weighted by molar-refractivity contribution is 5.95. The second-order valence-electron chi connectivity index (χ2n) is 5.44. The first kappa shape index (κ1) is 16.8. The lowest BCUT2D eigenvalue weighted by Crippen LogP contribution is -2.50. The van der Waals surface area contributed by atoms with Crippen LogP contribution in [0.1, 0.15) is 15.9 Å². The second kappa shape index (κ2) is 7.67. The fourth-order valence-corrected chi connectivity index (χ4v) is 2.34. The number of rotatable bonds is 4. The van der Waals surface area contributed by atoms with Crippen molar-refractivity contribution in [3.05, 3.63) is 59.7 Å². The number of ether oxygens (including phenoxy) is 3. The molecule has 0 unspecified atom stereocenters. The Bertz CT molecular complexity index is 760. The number of amides is 2. The van der Waals surface area contributed by atoms with E-state index in [2.05, 4.69) is 10.9 Å². The number of nitrogens with one attached hydrogen (secondary N) is 2. The van der Waals surface area contributed by atoms with Gasteiger partial charge in [0.2, 0.25) is 6.10 Å². The van der Waals surface area contributed by atoms with Gasteiger partial charge in [0.25, 0.3) is 11.8 Å². The minimum absolute atomic E-state index is 0.0738. The fraction of sp³-hybridized carbons (Fsp3) is 0.222. The predicted molar refractivity (Wildman–Crippen MR) is 89.1 cm³/mol. The molecule has 0 bridgehead atoms. The Balaban J connectivity index is 1.53. The summed E-state index contributed by atoms with van der Waals surface area (Å²) in [7, 11) is 1.60. The molecule has 0 aliphatic carbocycles. The topological polar surface area (TPSA) is 85.9 Å². The van der Waals surface area contributed by atoms with Crippen molar-refractivity contribution < 1.29 is 23.8 Å². The number of hydrazine groups is 1. The molecule has 0 fully saturated rings. The molecule has 3 rings (SSSR count). The summed E-state index contributed by atoms with van der Waals surface area (Å²) in [5.74, 6) is 0.175. The zero-order valence-electron chi connectivity index (χ0n) is 13.7. The number of carbonyl (C=O) groups excluding carboxylic acids is 2. The SMILES string of the molecule is COCc1ccc(C(=O)NNC(=O)[C@H]2COc3ccccc3O2)cc1. The van der Waals surface area contributed by atoms with Crippen LogP contribution in [0.2, 0.25) is 0 Å². The monoisotopic (exact) mass is 342 g/mol. The van der Waals surface area contributed by atoms with Crippen molar-refractivity contribution in [2.45, 2.75) is 12.7 Å². The smallest absolute Gasteiger partial charge is 0.283 e. The molecule has 0 radical (unpaired) electrons. The number of methoxy groups -OCH3 is 1. The average Bonchev–Trinajstić information content (AvgIpc) is 2.66. The largest absolute Gasteiger partial charge is 0.485 e. The van der Waals surface area contributed by atoms with Crippen molar-refractivity contribution in [1.29, 1.82) is 0 Å². The van der Waals surface area contributed by atoms with Crippen molar-refractivity contribution in [1.82, 2.24) is 10.9 Å². The van der Waals surface area contributed by atoms with Crippen LogP contribution in [0.25, 0.3) is 0 Å². The maximum absolute atomic E-state index is 12.1. The highest BCUT2D eigenvalue weighted by Gasteiger charge is 2.27. The van der Waals surface area contributed by atoms with E-state index in [-0.39, 0.29) is 6.61 Å². The van der Waals surface area contributed by atoms with E-state index in [9.17, 15) is 9.59 Å². The quantitative estimate of drug-likeness (QED) is 0.821. The van der Waals surface area contributed by atoms with Crippen molar-refractivity contribution in [3.63, 3.8) is 0 Å². The lowest BCUT2D eigenvalue weighted by molar-refractivity contribution is -0.131. The molecule has 2 aromatic carbocycles. The summed E-state index contributed by atoms with van der Waals surface area (Å²) in [5.41, 5.74) is 6.09. The first-order valence-electron chi connectivity index (χ1n) is 7.74. The van der Waals surface area contributed by atoms with Gasteiger partial charge in [-0.3, -0.25) is 20.4 Å². The molecule has 1 aliphatic rings. The van der Waals surface area contributed by atoms with Crippen LogP contribution in [0.15, 0.2) is 48.5 Å². The average molecular weight is 342 g/mol. The van der Waals surface area contributed by atoms with Crippen LogP contribution < -0.4 is 20.3 Å². The first-order chi connectivity index (χ1) is 12.2. The van der Waals surface area contributed by atoms with Gasteiger partial charge < -0.3 is 14.2 Å². The molecule has 2 amide bonds. The Labute approximate surface area is 144 Å². The van der Waals surface area contributed by atoms with Crippen molar-refractivity contribution in [3.8, 4) is 11.5 Å². The van der Waals surface area contributed by atoms with E-state index < -0.39 is 17.9 Å². The Hall–Kier alpha value is -3.06. The number of hydrogen-bond donors (Lipinski definition) is 2. The summed E-state index contributed by atoms with van der Waals surface area (Å²) in [6, 6.07) is 14.0. The molecule has 25 heavy (non-hydrogen) atoms. The standard InChI is InChI=1S/C18H18N2O5/c1-23-10-12-6-8-13(9-7-12)17(21)19-20-18(22)16-11-24-14-4-2-3-5-15(14)25-16/h2-9,16H,10-11H2,1H3,(H,19,21)(H,20,22)/t16-/m1/s1. The van der Waals surface area contributed by atoms with Crippen molar-refractivity contribution >= 4 is 11.8 Å². The number of benzene rings is 2. The van der Waals surface area contributed by atoms with Crippen LogP contribution in [-0.2, 0) is 16.1 Å². The molecule has 1 heterocycles. The normalized spacial score (nSPS) is 15.3. The van der Waals surface area contributed by atoms with Gasteiger partial charge in [0, 0.05) is 12.7 Å². The first-order valence-corrected chi connectivity index (χ1v) is 7.74. The molecule has 1 aliphatic heterocycles. The lowest BCUT2D eigenvalue weighted by atomic mass is 10.1. The van der Waals surface area contributed by atoms with Gasteiger partial charge in [-0.2, -0.15) is 0 Å². The van der Waals surface area contributed by atoms with E-state index in [1.54, 1.807) is 49.6 Å². The van der Waals surface area contributed by atoms with E-state index in [1.165, 1.54) is 0 Å². The van der Waals surface area contributed by atoms with E-state index in [0.29, 0.717) is 23.7 Å². The van der Waals surface area contributed by atoms with E-state index >= 15 is 0 Å². The van der Waals surface area contributed by atoms with E-state index in [4.69, 9.17) is 14.2 Å². The zero-order valence-corrected chi connectivity index (χ0v) is 13.7. The van der Waals surface area contributed by atoms with Crippen LogP contribution >= 0.6 is 0 Å². The Kier molecular flexibility index (Phi) is 5.15. The van der Waals surface area contributed by atoms with Crippen LogP contribution in [0.4, 0.5) is 0 Å². The molecule has 0 spiro atoms. The minimum Gasteiger partial charge on any atom is -0.485 e. The molecule has 0 aromatic heterocycles. The Morgan fingerprint density at radius 1 is 1.08 bits per heavy atom. The number of carbonyl (C=O) groups is 2. The van der Waals surface area contributed by atoms with Crippen molar-refractivity contribution in [2.75, 3.05) is 13.7 Å². The lowest BCUT2D eigenvalue weighted by Gasteiger charge is -2.25. The van der Waals surface area contributed by atoms with Gasteiger partial charge in [-0.15, -0.1) is 0 Å². The highest BCUT2D eigenvalue weighted by atomic mass is 16.6. The third-order valence-electron chi connectivity index (χ3n) is 3.63. The maximum atomic E-state index is 12.1. The zero-order chi connectivity index (χ0) is 17.6. The summed E-state index contributed by atoms with van der Waals surface area (Å²) in [6.45, 7) is 0.545. The van der Waals surface area contributed by atoms with Gasteiger partial charge in [-0.05, 0) is 29.8 Å². The molecule has 7 heteroatoms. The van der Waals surface area contributed by atoms with Gasteiger partial charge >= 0.3 is 0 Å². The van der Waals surface area contributed by atoms with Crippen LogP contribution in [0.5, 0.6) is 11.5 Å².